The Morgan fingerprint density at radius 2 is 1.88 bits per heavy atom. The lowest BCUT2D eigenvalue weighted by Gasteiger charge is -2.00. The van der Waals surface area contributed by atoms with Crippen molar-refractivity contribution >= 4 is 9.84 Å². The Kier molecular flexibility index (Phi) is 3.21. The molecule has 7 heteroatoms. The predicted octanol–water partition coefficient (Wildman–Crippen LogP) is 0.437. The summed E-state index contributed by atoms with van der Waals surface area (Å²) >= 11 is 0. The monoisotopic (exact) mass is 254 g/mol. The van der Waals surface area contributed by atoms with Gasteiger partial charge in [0.05, 0.1) is 4.90 Å². The van der Waals surface area contributed by atoms with E-state index in [1.54, 1.807) is 18.2 Å². The van der Waals surface area contributed by atoms with Gasteiger partial charge in [0.25, 0.3) is 0 Å². The number of rotatable bonds is 4. The number of benzene rings is 1. The van der Waals surface area contributed by atoms with Gasteiger partial charge in [-0.05, 0) is 17.3 Å². The number of hydrogen-bond acceptors (Lipinski definition) is 6. The van der Waals surface area contributed by atoms with Crippen LogP contribution in [0, 0.1) is 0 Å². The molecule has 2 rings (SSSR count). The Hall–Kier alpha value is -1.73. The molecule has 0 atom stereocenters. The Labute approximate surface area is 97.8 Å². The minimum absolute atomic E-state index is 0.0882. The maximum Gasteiger partial charge on any atom is 0.229 e. The molecular weight excluding hydrogens is 244 g/mol. The molecule has 2 aromatic rings. The van der Waals surface area contributed by atoms with Crippen molar-refractivity contribution in [3.05, 3.63) is 36.0 Å². The van der Waals surface area contributed by atoms with E-state index in [0.29, 0.717) is 0 Å². The van der Waals surface area contributed by atoms with Gasteiger partial charge in [-0.15, -0.1) is 0 Å². The minimum atomic E-state index is -3.73. The predicted molar refractivity (Wildman–Crippen MR) is 57.0 cm³/mol. The Bertz CT molecular complexity index is 592. The highest BCUT2D eigenvalue weighted by molar-refractivity contribution is 7.91. The molecule has 1 heterocycles. The second-order valence-electron chi connectivity index (χ2n) is 3.31. The van der Waals surface area contributed by atoms with Crippen LogP contribution in [0.25, 0.3) is 0 Å². The lowest BCUT2D eigenvalue weighted by molar-refractivity contribution is 0.281. The first-order valence-electron chi connectivity index (χ1n) is 4.88. The normalized spacial score (nSPS) is 11.6. The van der Waals surface area contributed by atoms with E-state index in [1.165, 1.54) is 12.1 Å². The third-order valence-electron chi connectivity index (χ3n) is 2.18. The van der Waals surface area contributed by atoms with Gasteiger partial charge in [0.15, 0.2) is 0 Å². The zero-order chi connectivity index (χ0) is 12.3. The van der Waals surface area contributed by atoms with Crippen LogP contribution in [-0.2, 0) is 16.3 Å². The van der Waals surface area contributed by atoms with E-state index < -0.39 is 9.84 Å². The number of aliphatic hydroxyl groups excluding tert-OH is 1. The highest BCUT2D eigenvalue weighted by Gasteiger charge is 2.26. The average Bonchev–Trinajstić information content (AvgIpc) is 2.80. The second kappa shape index (κ2) is 4.64. The van der Waals surface area contributed by atoms with Crippen molar-refractivity contribution in [3.8, 4) is 0 Å². The first kappa shape index (κ1) is 11.7. The number of aliphatic hydroxyl groups is 1. The minimum Gasteiger partial charge on any atom is -0.396 e. The smallest absolute Gasteiger partial charge is 0.229 e. The van der Waals surface area contributed by atoms with Crippen LogP contribution in [0.5, 0.6) is 0 Å². The highest BCUT2D eigenvalue weighted by Crippen LogP contribution is 2.21. The molecule has 0 bridgehead atoms. The topological polar surface area (TPSA) is 93.3 Å². The molecule has 0 unspecified atom stereocenters. The van der Waals surface area contributed by atoms with Crippen LogP contribution in [0.2, 0.25) is 0 Å². The van der Waals surface area contributed by atoms with Crippen LogP contribution in [0.15, 0.2) is 44.9 Å². The SMILES string of the molecule is O=S(=O)(c1ccccc1)c1nonc1CCO. The summed E-state index contributed by atoms with van der Waals surface area (Å²) in [6, 6.07) is 7.88. The number of aromatic nitrogens is 2. The van der Waals surface area contributed by atoms with Gasteiger partial charge in [0, 0.05) is 13.0 Å². The summed E-state index contributed by atoms with van der Waals surface area (Å²) in [6.07, 6.45) is 0.0882. The molecule has 17 heavy (non-hydrogen) atoms. The summed E-state index contributed by atoms with van der Waals surface area (Å²) in [7, 11) is -3.73. The van der Waals surface area contributed by atoms with E-state index in [-0.39, 0.29) is 28.6 Å². The molecule has 0 saturated heterocycles. The number of hydrogen-bond donors (Lipinski definition) is 1. The van der Waals surface area contributed by atoms with E-state index >= 15 is 0 Å². The lowest BCUT2D eigenvalue weighted by Crippen LogP contribution is -2.06. The van der Waals surface area contributed by atoms with Crippen molar-refractivity contribution in [1.29, 1.82) is 0 Å². The van der Waals surface area contributed by atoms with Gasteiger partial charge in [0.2, 0.25) is 14.9 Å². The molecule has 1 N–H and O–H groups in total. The number of sulfone groups is 1. The summed E-state index contributed by atoms with van der Waals surface area (Å²) in [6.45, 7) is -0.217. The molecule has 1 aromatic carbocycles. The molecular formula is C10H10N2O4S. The molecule has 0 saturated carbocycles. The molecule has 0 aliphatic rings. The largest absolute Gasteiger partial charge is 0.396 e. The van der Waals surface area contributed by atoms with Gasteiger partial charge in [-0.1, -0.05) is 23.4 Å². The Morgan fingerprint density at radius 3 is 2.53 bits per heavy atom. The lowest BCUT2D eigenvalue weighted by atomic mass is 10.3. The highest BCUT2D eigenvalue weighted by atomic mass is 32.2. The zero-order valence-electron chi connectivity index (χ0n) is 8.78. The maximum atomic E-state index is 12.1. The van der Waals surface area contributed by atoms with Gasteiger partial charge in [-0.3, -0.25) is 0 Å². The van der Waals surface area contributed by atoms with Crippen LogP contribution >= 0.6 is 0 Å². The molecule has 90 valence electrons. The fourth-order valence-corrected chi connectivity index (χ4v) is 2.69. The van der Waals surface area contributed by atoms with Gasteiger partial charge < -0.3 is 5.11 Å². The van der Waals surface area contributed by atoms with Crippen LogP contribution in [-0.4, -0.2) is 30.4 Å². The van der Waals surface area contributed by atoms with Crippen molar-refractivity contribution < 1.29 is 18.2 Å². The molecule has 0 fully saturated rings. The summed E-state index contributed by atoms with van der Waals surface area (Å²) in [5, 5.41) is 15.4. The van der Waals surface area contributed by atoms with Gasteiger partial charge in [-0.2, -0.15) is 0 Å². The third-order valence-corrected chi connectivity index (χ3v) is 3.89. The van der Waals surface area contributed by atoms with Crippen molar-refractivity contribution in [2.75, 3.05) is 6.61 Å². The molecule has 0 radical (unpaired) electrons. The van der Waals surface area contributed by atoms with Crippen LogP contribution in [0.4, 0.5) is 0 Å². The van der Waals surface area contributed by atoms with E-state index in [1.807, 2.05) is 0 Å². The first-order valence-corrected chi connectivity index (χ1v) is 6.37. The quantitative estimate of drug-likeness (QED) is 0.850. The maximum absolute atomic E-state index is 12.1. The van der Waals surface area contributed by atoms with Crippen molar-refractivity contribution in [1.82, 2.24) is 10.3 Å². The van der Waals surface area contributed by atoms with Gasteiger partial charge >= 0.3 is 0 Å². The van der Waals surface area contributed by atoms with Crippen molar-refractivity contribution in [2.24, 2.45) is 0 Å². The third kappa shape index (κ3) is 2.20. The molecule has 0 spiro atoms. The second-order valence-corrected chi connectivity index (χ2v) is 5.17. The van der Waals surface area contributed by atoms with Crippen LogP contribution in [0.1, 0.15) is 5.69 Å². The zero-order valence-corrected chi connectivity index (χ0v) is 9.59. The van der Waals surface area contributed by atoms with Gasteiger partial charge in [0.1, 0.15) is 5.69 Å². The molecule has 0 aliphatic heterocycles. The number of nitrogens with zero attached hydrogens (tertiary/aromatic N) is 2. The summed E-state index contributed by atoms with van der Waals surface area (Å²) in [5.41, 5.74) is 0.136. The standard InChI is InChI=1S/C10H10N2O4S/c13-7-6-9-10(12-16-11-9)17(14,15)8-4-2-1-3-5-8/h1-5,13H,6-7H2. The molecule has 6 nitrogen and oxygen atoms in total. The van der Waals surface area contributed by atoms with E-state index in [4.69, 9.17) is 5.11 Å². The van der Waals surface area contributed by atoms with Crippen molar-refractivity contribution in [2.45, 2.75) is 16.3 Å². The van der Waals surface area contributed by atoms with E-state index in [0.717, 1.165) is 0 Å². The average molecular weight is 254 g/mol. The fraction of sp³-hybridized carbons (Fsp3) is 0.200. The van der Waals surface area contributed by atoms with E-state index in [2.05, 4.69) is 14.9 Å². The van der Waals surface area contributed by atoms with Crippen molar-refractivity contribution in [3.63, 3.8) is 0 Å². The molecule has 0 aliphatic carbocycles. The summed E-state index contributed by atoms with van der Waals surface area (Å²) < 4.78 is 28.7. The van der Waals surface area contributed by atoms with Crippen LogP contribution in [0.3, 0.4) is 0 Å². The molecule has 1 aromatic heterocycles. The first-order chi connectivity index (χ1) is 8.16. The van der Waals surface area contributed by atoms with E-state index in [9.17, 15) is 8.42 Å². The van der Waals surface area contributed by atoms with Gasteiger partial charge in [-0.25, -0.2) is 13.0 Å². The fourth-order valence-electron chi connectivity index (χ4n) is 1.37. The summed E-state index contributed by atoms with van der Waals surface area (Å²) in [4.78, 5) is 0.120. The Morgan fingerprint density at radius 1 is 1.18 bits per heavy atom. The summed E-state index contributed by atoms with van der Waals surface area (Å²) in [5.74, 6) is 0. The molecule has 0 amide bonds. The Balaban J connectivity index is 2.49. The van der Waals surface area contributed by atoms with Crippen LogP contribution < -0.4 is 0 Å².